The number of alkyl halides is 3. The molecule has 31 heavy (non-hydrogen) atoms. The molecule has 0 bridgehead atoms. The van der Waals surface area contributed by atoms with Crippen LogP contribution in [0.4, 0.5) is 13.2 Å². The second kappa shape index (κ2) is 9.41. The van der Waals surface area contributed by atoms with Gasteiger partial charge in [0.1, 0.15) is 5.75 Å². The first kappa shape index (κ1) is 23.9. The van der Waals surface area contributed by atoms with Crippen LogP contribution in [0.1, 0.15) is 89.7 Å². The maximum Gasteiger partial charge on any atom is 0.416 e. The Morgan fingerprint density at radius 2 is 1.77 bits per heavy atom. The van der Waals surface area contributed by atoms with E-state index in [9.17, 15) is 23.1 Å². The van der Waals surface area contributed by atoms with Gasteiger partial charge in [-0.1, -0.05) is 26.8 Å². The van der Waals surface area contributed by atoms with Crippen molar-refractivity contribution in [2.45, 2.75) is 96.2 Å². The van der Waals surface area contributed by atoms with Gasteiger partial charge >= 0.3 is 6.18 Å². The highest BCUT2D eigenvalue weighted by Gasteiger charge is 2.41. The third kappa shape index (κ3) is 5.38. The van der Waals surface area contributed by atoms with Gasteiger partial charge in [0.05, 0.1) is 5.56 Å². The lowest BCUT2D eigenvalue weighted by Crippen LogP contribution is -2.43. The zero-order valence-corrected chi connectivity index (χ0v) is 18.9. The quantitative estimate of drug-likeness (QED) is 0.544. The molecule has 2 aliphatic carbocycles. The third-order valence-electron chi connectivity index (χ3n) is 8.04. The minimum Gasteiger partial charge on any atom is -0.508 e. The van der Waals surface area contributed by atoms with Gasteiger partial charge in [-0.25, -0.2) is 0 Å². The number of benzene rings is 1. The number of rotatable bonds is 5. The van der Waals surface area contributed by atoms with E-state index in [0.29, 0.717) is 5.56 Å². The maximum atomic E-state index is 13.0. The van der Waals surface area contributed by atoms with Gasteiger partial charge in [-0.3, -0.25) is 4.79 Å². The topological polar surface area (TPSA) is 49.3 Å². The summed E-state index contributed by atoms with van der Waals surface area (Å²) < 4.78 is 38.9. The van der Waals surface area contributed by atoms with E-state index in [0.717, 1.165) is 63.0 Å². The summed E-state index contributed by atoms with van der Waals surface area (Å²) in [6.07, 6.45) is 3.93. The molecule has 3 nitrogen and oxygen atoms in total. The Hall–Kier alpha value is -1.72. The van der Waals surface area contributed by atoms with Crippen molar-refractivity contribution in [3.63, 3.8) is 0 Å². The van der Waals surface area contributed by atoms with Gasteiger partial charge in [-0.15, -0.1) is 0 Å². The van der Waals surface area contributed by atoms with E-state index in [2.05, 4.69) is 12.2 Å². The first-order valence-electron chi connectivity index (χ1n) is 11.8. The highest BCUT2D eigenvalue weighted by atomic mass is 19.4. The molecule has 1 amide bonds. The van der Waals surface area contributed by atoms with Crippen molar-refractivity contribution < 1.29 is 23.1 Å². The fraction of sp³-hybridized carbons (Fsp3) is 0.720. The van der Waals surface area contributed by atoms with Gasteiger partial charge in [0.25, 0.3) is 0 Å². The standard InChI is InChI=1S/C25H36F3NO2/c1-4-24(21-10-7-19(15-22(21)30)25(26,27)28)13-11-18(12-14-24)17(3)23(31)29-20-8-5-16(2)6-9-20/h7,10,15-18,20,30H,4-6,8-9,11-14H2,1-3H3,(H,29,31)/t16?,17-,18?,20?,24?/m0/s1. The van der Waals surface area contributed by atoms with Crippen LogP contribution in [0.3, 0.4) is 0 Å². The van der Waals surface area contributed by atoms with Gasteiger partial charge in [0.2, 0.25) is 5.91 Å². The van der Waals surface area contributed by atoms with Crippen LogP contribution >= 0.6 is 0 Å². The number of aromatic hydroxyl groups is 1. The highest BCUT2D eigenvalue weighted by Crippen LogP contribution is 2.49. The molecule has 3 rings (SSSR count). The lowest BCUT2D eigenvalue weighted by atomic mass is 9.63. The summed E-state index contributed by atoms with van der Waals surface area (Å²) in [5.41, 5.74) is -0.550. The normalized spacial score (nSPS) is 30.6. The molecule has 6 heteroatoms. The minimum atomic E-state index is -4.47. The van der Waals surface area contributed by atoms with Crippen molar-refractivity contribution in [1.82, 2.24) is 5.32 Å². The Balaban J connectivity index is 1.63. The molecule has 2 aliphatic rings. The van der Waals surface area contributed by atoms with E-state index in [1.807, 2.05) is 13.8 Å². The zero-order chi connectivity index (χ0) is 22.8. The molecule has 1 aromatic rings. The number of phenolic OH excluding ortho intramolecular Hbond substituents is 1. The molecule has 0 aliphatic heterocycles. The van der Waals surface area contributed by atoms with Crippen LogP contribution in [0.2, 0.25) is 0 Å². The van der Waals surface area contributed by atoms with Crippen LogP contribution in [0.25, 0.3) is 0 Å². The monoisotopic (exact) mass is 439 g/mol. The second-order valence-electron chi connectivity index (χ2n) is 9.96. The van der Waals surface area contributed by atoms with Crippen LogP contribution < -0.4 is 5.32 Å². The second-order valence-corrected chi connectivity index (χ2v) is 9.96. The average Bonchev–Trinajstić information content (AvgIpc) is 2.74. The number of phenols is 1. The van der Waals surface area contributed by atoms with Crippen LogP contribution in [0.15, 0.2) is 18.2 Å². The van der Waals surface area contributed by atoms with Crippen molar-refractivity contribution in [2.24, 2.45) is 17.8 Å². The molecule has 1 aromatic carbocycles. The fourth-order valence-corrected chi connectivity index (χ4v) is 5.61. The summed E-state index contributed by atoms with van der Waals surface area (Å²) in [6, 6.07) is 3.65. The minimum absolute atomic E-state index is 0.0737. The van der Waals surface area contributed by atoms with E-state index >= 15 is 0 Å². The van der Waals surface area contributed by atoms with Crippen LogP contribution in [0, 0.1) is 17.8 Å². The molecular formula is C25H36F3NO2. The molecule has 2 N–H and O–H groups in total. The van der Waals surface area contributed by atoms with Crippen LogP contribution in [-0.2, 0) is 16.4 Å². The number of hydrogen-bond donors (Lipinski definition) is 2. The Labute approximate surface area is 183 Å². The van der Waals surface area contributed by atoms with Crippen LogP contribution in [0.5, 0.6) is 5.75 Å². The van der Waals surface area contributed by atoms with Crippen molar-refractivity contribution in [3.8, 4) is 5.75 Å². The highest BCUT2D eigenvalue weighted by molar-refractivity contribution is 5.78. The Morgan fingerprint density at radius 3 is 2.29 bits per heavy atom. The summed E-state index contributed by atoms with van der Waals surface area (Å²) in [5.74, 6) is 0.792. The van der Waals surface area contributed by atoms with E-state index in [1.165, 1.54) is 18.9 Å². The summed E-state index contributed by atoms with van der Waals surface area (Å²) in [5, 5.41) is 13.7. The van der Waals surface area contributed by atoms with Gasteiger partial charge in [-0.2, -0.15) is 13.2 Å². The number of halogens is 3. The summed E-state index contributed by atoms with van der Waals surface area (Å²) in [4.78, 5) is 12.8. The number of amides is 1. The molecular weight excluding hydrogens is 403 g/mol. The molecule has 0 aromatic heterocycles. The first-order valence-corrected chi connectivity index (χ1v) is 11.8. The van der Waals surface area contributed by atoms with Gasteiger partial charge in [0, 0.05) is 17.5 Å². The first-order chi connectivity index (χ1) is 14.6. The van der Waals surface area contributed by atoms with Crippen molar-refractivity contribution in [3.05, 3.63) is 29.3 Å². The lowest BCUT2D eigenvalue weighted by molar-refractivity contribution is -0.137. The molecule has 174 valence electrons. The van der Waals surface area contributed by atoms with Gasteiger partial charge in [-0.05, 0) is 87.2 Å². The lowest BCUT2D eigenvalue weighted by Gasteiger charge is -2.42. The SMILES string of the molecule is CCC1(c2ccc(C(F)(F)F)cc2O)CCC([C@H](C)C(=O)NC2CCC(C)CC2)CC1. The molecule has 0 radical (unpaired) electrons. The maximum absolute atomic E-state index is 13.0. The Bertz CT molecular complexity index is 761. The molecule has 0 heterocycles. The van der Waals surface area contributed by atoms with Crippen molar-refractivity contribution in [1.29, 1.82) is 0 Å². The predicted octanol–water partition coefficient (Wildman–Crippen LogP) is 6.58. The smallest absolute Gasteiger partial charge is 0.416 e. The number of hydrogen-bond acceptors (Lipinski definition) is 2. The average molecular weight is 440 g/mol. The predicted molar refractivity (Wildman–Crippen MR) is 116 cm³/mol. The van der Waals surface area contributed by atoms with E-state index in [4.69, 9.17) is 0 Å². The largest absolute Gasteiger partial charge is 0.508 e. The molecule has 1 atom stereocenters. The Morgan fingerprint density at radius 1 is 1.16 bits per heavy atom. The fourth-order valence-electron chi connectivity index (χ4n) is 5.61. The summed E-state index contributed by atoms with van der Waals surface area (Å²) in [7, 11) is 0. The number of carbonyl (C=O) groups is 1. The Kier molecular flexibility index (Phi) is 7.27. The van der Waals surface area contributed by atoms with Crippen LogP contribution in [-0.4, -0.2) is 17.1 Å². The van der Waals surface area contributed by atoms with Gasteiger partial charge in [0.15, 0.2) is 0 Å². The third-order valence-corrected chi connectivity index (χ3v) is 8.04. The van der Waals surface area contributed by atoms with Crippen molar-refractivity contribution >= 4 is 5.91 Å². The molecule has 0 spiro atoms. The van der Waals surface area contributed by atoms with E-state index in [-0.39, 0.29) is 34.9 Å². The molecule has 2 saturated carbocycles. The molecule has 0 unspecified atom stereocenters. The molecule has 2 fully saturated rings. The van der Waals surface area contributed by atoms with E-state index in [1.54, 1.807) is 0 Å². The number of carbonyl (C=O) groups excluding carboxylic acids is 1. The van der Waals surface area contributed by atoms with Crippen molar-refractivity contribution in [2.75, 3.05) is 0 Å². The summed E-state index contributed by atoms with van der Waals surface area (Å²) >= 11 is 0. The van der Waals surface area contributed by atoms with E-state index < -0.39 is 11.7 Å². The number of nitrogens with one attached hydrogen (secondary N) is 1. The summed E-state index contributed by atoms with van der Waals surface area (Å²) in [6.45, 7) is 6.29. The van der Waals surface area contributed by atoms with Gasteiger partial charge < -0.3 is 10.4 Å². The zero-order valence-electron chi connectivity index (χ0n) is 18.9. The molecule has 0 saturated heterocycles.